The van der Waals surface area contributed by atoms with E-state index < -0.39 is 0 Å². The van der Waals surface area contributed by atoms with Gasteiger partial charge in [0.05, 0.1) is 36.0 Å². The van der Waals surface area contributed by atoms with Crippen LogP contribution in [0.4, 0.5) is 0 Å². The predicted octanol–water partition coefficient (Wildman–Crippen LogP) is 5.62. The first kappa shape index (κ1) is 27.9. The van der Waals surface area contributed by atoms with Crippen molar-refractivity contribution in [2.75, 3.05) is 33.3 Å². The highest BCUT2D eigenvalue weighted by Gasteiger charge is 2.53. The van der Waals surface area contributed by atoms with Crippen LogP contribution < -0.4 is 0 Å². The Kier molecular flexibility index (Phi) is 8.24. The van der Waals surface area contributed by atoms with Crippen molar-refractivity contribution in [3.05, 3.63) is 88.9 Å². The van der Waals surface area contributed by atoms with Crippen molar-refractivity contribution in [3.8, 4) is 0 Å². The molecule has 5 rings (SSSR count). The molecule has 0 saturated carbocycles. The van der Waals surface area contributed by atoms with Gasteiger partial charge in [-0.3, -0.25) is 14.9 Å². The number of methoxy groups -OCH3 is 1. The Labute approximate surface area is 238 Å². The van der Waals surface area contributed by atoms with Gasteiger partial charge in [0.1, 0.15) is 0 Å². The fourth-order valence-corrected chi connectivity index (χ4v) is 6.67. The lowest BCUT2D eigenvalue weighted by molar-refractivity contribution is 0.0896. The van der Waals surface area contributed by atoms with Gasteiger partial charge >= 0.3 is 0 Å². The molecule has 1 aromatic heterocycles. The summed E-state index contributed by atoms with van der Waals surface area (Å²) < 4.78 is 5.54. The summed E-state index contributed by atoms with van der Waals surface area (Å²) in [5.41, 5.74) is 6.60. The molecule has 3 aliphatic heterocycles. The van der Waals surface area contributed by atoms with Crippen LogP contribution in [0, 0.1) is 5.92 Å². The Morgan fingerprint density at radius 2 is 1.98 bits per heavy atom. The van der Waals surface area contributed by atoms with E-state index in [4.69, 9.17) is 4.74 Å². The summed E-state index contributed by atoms with van der Waals surface area (Å²) in [6, 6.07) is 6.25. The van der Waals surface area contributed by atoms with Crippen LogP contribution in [-0.2, 0) is 16.1 Å². The van der Waals surface area contributed by atoms with Crippen LogP contribution in [-0.4, -0.2) is 69.4 Å². The van der Waals surface area contributed by atoms with Crippen molar-refractivity contribution >= 4 is 17.0 Å². The number of rotatable bonds is 7. The average Bonchev–Trinajstić information content (AvgIpc) is 3.11. The molecule has 1 aromatic carbocycles. The fraction of sp³-hybridized carbons (Fsp3) is 0.455. The quantitative estimate of drug-likeness (QED) is 0.334. The minimum absolute atomic E-state index is 0.201. The molecule has 0 N–H and O–H groups in total. The molecule has 1 spiro atoms. The molecule has 0 aliphatic carbocycles. The highest BCUT2D eigenvalue weighted by Crippen LogP contribution is 2.49. The van der Waals surface area contributed by atoms with E-state index in [1.807, 2.05) is 13.0 Å². The summed E-state index contributed by atoms with van der Waals surface area (Å²) in [4.78, 5) is 28.7. The molecule has 1 unspecified atom stereocenters. The molecule has 4 heterocycles. The first-order valence-electron chi connectivity index (χ1n) is 14.5. The summed E-state index contributed by atoms with van der Waals surface area (Å²) in [6.45, 7) is 12.7. The van der Waals surface area contributed by atoms with Gasteiger partial charge in [-0.2, -0.15) is 0 Å². The predicted molar refractivity (Wildman–Crippen MR) is 160 cm³/mol. The lowest BCUT2D eigenvalue weighted by atomic mass is 9.81. The number of nitrogens with zero attached hydrogens (tertiary/aromatic N) is 5. The van der Waals surface area contributed by atoms with Crippen LogP contribution in [0.25, 0.3) is 11.0 Å². The molecule has 40 heavy (non-hydrogen) atoms. The largest absolute Gasteiger partial charge is 0.501 e. The summed E-state index contributed by atoms with van der Waals surface area (Å²) in [7, 11) is 1.71. The third-order valence-electron chi connectivity index (χ3n) is 8.69. The maximum absolute atomic E-state index is 12.6. The Morgan fingerprint density at radius 3 is 2.67 bits per heavy atom. The van der Waals surface area contributed by atoms with Crippen LogP contribution in [0.15, 0.2) is 83.3 Å². The summed E-state index contributed by atoms with van der Waals surface area (Å²) >= 11 is 0. The molecule has 2 saturated heterocycles. The van der Waals surface area contributed by atoms with Crippen molar-refractivity contribution in [1.82, 2.24) is 24.7 Å². The first-order chi connectivity index (χ1) is 19.4. The van der Waals surface area contributed by atoms with E-state index >= 15 is 0 Å². The van der Waals surface area contributed by atoms with Crippen molar-refractivity contribution in [2.45, 2.75) is 59.0 Å². The lowest BCUT2D eigenvalue weighted by Crippen LogP contribution is -2.52. The first-order valence-corrected chi connectivity index (χ1v) is 14.5. The molecule has 2 fully saturated rings. The minimum atomic E-state index is -0.222. The maximum Gasteiger partial charge on any atom is 0.197 e. The number of carbonyl (C=O) groups excluding carboxylic acids is 1. The number of para-hydroxylation sites is 1. The van der Waals surface area contributed by atoms with Crippen molar-refractivity contribution in [1.29, 1.82) is 0 Å². The van der Waals surface area contributed by atoms with Crippen molar-refractivity contribution in [3.63, 3.8) is 0 Å². The minimum Gasteiger partial charge on any atom is -0.501 e. The topological polar surface area (TPSA) is 61.8 Å². The van der Waals surface area contributed by atoms with Gasteiger partial charge in [-0.25, -0.2) is 4.79 Å². The Balaban J connectivity index is 1.47. The van der Waals surface area contributed by atoms with E-state index in [0.717, 1.165) is 62.2 Å². The number of hydrogen-bond acceptors (Lipinski definition) is 7. The van der Waals surface area contributed by atoms with E-state index in [0.29, 0.717) is 12.4 Å². The van der Waals surface area contributed by atoms with E-state index in [1.165, 1.54) is 22.4 Å². The van der Waals surface area contributed by atoms with Crippen LogP contribution >= 0.6 is 0 Å². The molecule has 7 nitrogen and oxygen atoms in total. The second-order valence-electron chi connectivity index (χ2n) is 11.0. The SMILES string of the molecule is CC/C=C\C1=C(/C=C(\C)OC)CN2C(=C=O)N(CC)C3(CCN(Cc4cccc5nccnc45)CC3)C2=CC1C. The molecule has 0 radical (unpaired) electrons. The highest BCUT2D eigenvalue weighted by atomic mass is 16.5. The zero-order valence-corrected chi connectivity index (χ0v) is 24.5. The number of aromatic nitrogens is 2. The third-order valence-corrected chi connectivity index (χ3v) is 8.69. The van der Waals surface area contributed by atoms with Crippen molar-refractivity contribution < 1.29 is 9.53 Å². The van der Waals surface area contributed by atoms with Gasteiger partial charge in [0, 0.05) is 50.2 Å². The number of fused-ring (bicyclic) bond motifs is 3. The highest BCUT2D eigenvalue weighted by molar-refractivity contribution is 5.77. The van der Waals surface area contributed by atoms with E-state index in [2.05, 4.69) is 87.8 Å². The number of benzene rings is 1. The average molecular weight is 540 g/mol. The van der Waals surface area contributed by atoms with Gasteiger partial charge in [-0.05, 0) is 62.0 Å². The monoisotopic (exact) mass is 539 g/mol. The molecule has 2 aromatic rings. The Morgan fingerprint density at radius 1 is 1.20 bits per heavy atom. The van der Waals surface area contributed by atoms with Gasteiger partial charge in [0.25, 0.3) is 0 Å². The fourth-order valence-electron chi connectivity index (χ4n) is 6.67. The molecule has 1 atom stereocenters. The number of piperidine rings is 1. The second kappa shape index (κ2) is 11.8. The normalized spacial score (nSPS) is 21.7. The lowest BCUT2D eigenvalue weighted by Gasteiger charge is -2.45. The van der Waals surface area contributed by atoms with Gasteiger partial charge < -0.3 is 14.5 Å². The molecule has 0 amide bonds. The van der Waals surface area contributed by atoms with Crippen LogP contribution in [0.1, 0.15) is 52.5 Å². The van der Waals surface area contributed by atoms with Crippen LogP contribution in [0.3, 0.4) is 0 Å². The summed E-state index contributed by atoms with van der Waals surface area (Å²) in [5.74, 6) is 4.06. The number of allylic oxidation sites excluding steroid dienone is 5. The van der Waals surface area contributed by atoms with E-state index in [1.54, 1.807) is 19.5 Å². The molecule has 210 valence electrons. The third kappa shape index (κ3) is 5.00. The molecular weight excluding hydrogens is 498 g/mol. The number of hydrogen-bond donors (Lipinski definition) is 0. The van der Waals surface area contributed by atoms with E-state index in [-0.39, 0.29) is 11.5 Å². The van der Waals surface area contributed by atoms with Gasteiger partial charge in [-0.15, -0.1) is 0 Å². The number of likely N-dealkylation sites (N-methyl/N-ethyl adjacent to an activating group) is 1. The Bertz CT molecular complexity index is 1420. The van der Waals surface area contributed by atoms with Gasteiger partial charge in [-0.1, -0.05) is 44.2 Å². The van der Waals surface area contributed by atoms with Gasteiger partial charge in [0.2, 0.25) is 0 Å². The Hall–Kier alpha value is -3.67. The van der Waals surface area contributed by atoms with Crippen LogP contribution in [0.5, 0.6) is 0 Å². The second-order valence-corrected chi connectivity index (χ2v) is 11.0. The summed E-state index contributed by atoms with van der Waals surface area (Å²) in [5, 5.41) is 0. The zero-order chi connectivity index (χ0) is 28.3. The van der Waals surface area contributed by atoms with Crippen molar-refractivity contribution in [2.24, 2.45) is 5.92 Å². The molecule has 0 bridgehead atoms. The molecule has 7 heteroatoms. The number of likely N-dealkylation sites (tertiary alicyclic amines) is 1. The van der Waals surface area contributed by atoms with Gasteiger partial charge in [0.15, 0.2) is 11.8 Å². The zero-order valence-electron chi connectivity index (χ0n) is 24.5. The van der Waals surface area contributed by atoms with E-state index in [9.17, 15) is 4.79 Å². The molecular formula is C33H41N5O2. The summed E-state index contributed by atoms with van der Waals surface area (Å²) in [6.07, 6.45) is 15.4. The smallest absolute Gasteiger partial charge is 0.197 e. The molecule has 3 aliphatic rings. The van der Waals surface area contributed by atoms with Crippen LogP contribution in [0.2, 0.25) is 0 Å². The maximum atomic E-state index is 12.6. The standard InChI is InChI=1S/C33H41N5O2/c1-6-8-11-28-24(3)19-30-33(38(7-2)31(23-39)37(30)22-27(28)20-25(4)40-5)13-17-36(18-14-33)21-26-10-9-12-29-32(26)35-16-15-34-29/h8-12,15-16,19-20,24H,6-7,13-14,17-18,21-22H2,1-5H3/b11-8-,25-20+. The number of ether oxygens (including phenoxy) is 1.